The lowest BCUT2D eigenvalue weighted by Gasteiger charge is -2.35. The highest BCUT2D eigenvalue weighted by Gasteiger charge is 2.32. The van der Waals surface area contributed by atoms with Crippen molar-refractivity contribution in [2.24, 2.45) is 11.3 Å². The van der Waals surface area contributed by atoms with Gasteiger partial charge in [0.25, 0.3) is 0 Å². The normalized spacial score (nSPS) is 29.3. The summed E-state index contributed by atoms with van der Waals surface area (Å²) >= 11 is 0. The number of aliphatic hydroxyl groups is 1. The molecule has 13 heavy (non-hydrogen) atoms. The van der Waals surface area contributed by atoms with Gasteiger partial charge in [-0.1, -0.05) is 20.8 Å². The monoisotopic (exact) mass is 179 g/mol. The van der Waals surface area contributed by atoms with Crippen LogP contribution in [0.2, 0.25) is 0 Å². The molecule has 0 spiro atoms. The molecule has 0 aromatic rings. The number of rotatable bonds is 0. The number of allylic oxidation sites excluding steroid dienone is 1. The highest BCUT2D eigenvalue weighted by Crippen LogP contribution is 2.37. The maximum absolute atomic E-state index is 9.78. The van der Waals surface area contributed by atoms with Crippen molar-refractivity contribution in [1.29, 1.82) is 5.26 Å². The molecular formula is C11H17NO. The zero-order valence-corrected chi connectivity index (χ0v) is 8.54. The van der Waals surface area contributed by atoms with E-state index in [4.69, 9.17) is 5.26 Å². The maximum atomic E-state index is 9.78. The molecule has 0 aromatic heterocycles. The van der Waals surface area contributed by atoms with Crippen LogP contribution < -0.4 is 0 Å². The van der Waals surface area contributed by atoms with Gasteiger partial charge in [0, 0.05) is 5.57 Å². The van der Waals surface area contributed by atoms with Gasteiger partial charge in [0.15, 0.2) is 0 Å². The standard InChI is InChI=1S/C11H17NO/c1-11(2,3)9-5-4-8(7-12)6-10(9)13/h6,9-10,13H,4-5H2,1-3H3. The Bertz CT molecular complexity index is 254. The average Bonchev–Trinajstić information content (AvgIpc) is 2.01. The van der Waals surface area contributed by atoms with Gasteiger partial charge in [-0.2, -0.15) is 5.26 Å². The van der Waals surface area contributed by atoms with Gasteiger partial charge < -0.3 is 5.11 Å². The van der Waals surface area contributed by atoms with E-state index >= 15 is 0 Å². The molecule has 2 unspecified atom stereocenters. The summed E-state index contributed by atoms with van der Waals surface area (Å²) in [5.41, 5.74) is 0.852. The van der Waals surface area contributed by atoms with Crippen LogP contribution in [-0.4, -0.2) is 11.2 Å². The molecule has 0 amide bonds. The zero-order chi connectivity index (χ0) is 10.1. The summed E-state index contributed by atoms with van der Waals surface area (Å²) in [7, 11) is 0. The first kappa shape index (κ1) is 10.3. The topological polar surface area (TPSA) is 44.0 Å². The van der Waals surface area contributed by atoms with E-state index in [0.29, 0.717) is 0 Å². The fourth-order valence-electron chi connectivity index (χ4n) is 1.93. The second-order valence-corrected chi connectivity index (χ2v) is 4.81. The molecule has 2 heteroatoms. The maximum Gasteiger partial charge on any atom is 0.0944 e. The molecule has 2 nitrogen and oxygen atoms in total. The third-order valence-corrected chi connectivity index (χ3v) is 2.76. The van der Waals surface area contributed by atoms with Crippen molar-refractivity contribution in [3.8, 4) is 6.07 Å². The van der Waals surface area contributed by atoms with Crippen molar-refractivity contribution in [2.45, 2.75) is 39.7 Å². The van der Waals surface area contributed by atoms with Gasteiger partial charge in [-0.05, 0) is 30.3 Å². The number of hydrogen-bond donors (Lipinski definition) is 1. The summed E-state index contributed by atoms with van der Waals surface area (Å²) in [6, 6.07) is 2.11. The first-order chi connectivity index (χ1) is 5.95. The van der Waals surface area contributed by atoms with Gasteiger partial charge in [0.1, 0.15) is 0 Å². The Hall–Kier alpha value is -0.810. The third-order valence-electron chi connectivity index (χ3n) is 2.76. The van der Waals surface area contributed by atoms with E-state index in [1.54, 1.807) is 6.08 Å². The quantitative estimate of drug-likeness (QED) is 0.620. The van der Waals surface area contributed by atoms with Crippen LogP contribution in [0.5, 0.6) is 0 Å². The van der Waals surface area contributed by atoms with Crippen molar-refractivity contribution < 1.29 is 5.11 Å². The summed E-state index contributed by atoms with van der Waals surface area (Å²) in [6.45, 7) is 6.39. The summed E-state index contributed by atoms with van der Waals surface area (Å²) < 4.78 is 0. The van der Waals surface area contributed by atoms with Gasteiger partial charge >= 0.3 is 0 Å². The van der Waals surface area contributed by atoms with Crippen molar-refractivity contribution in [3.63, 3.8) is 0 Å². The Morgan fingerprint density at radius 3 is 2.54 bits per heavy atom. The minimum absolute atomic E-state index is 0.122. The molecule has 1 rings (SSSR count). The Balaban J connectivity index is 2.78. The Kier molecular flexibility index (Phi) is 2.77. The van der Waals surface area contributed by atoms with E-state index in [-0.39, 0.29) is 11.3 Å². The van der Waals surface area contributed by atoms with E-state index in [9.17, 15) is 5.11 Å². The minimum atomic E-state index is -0.441. The van der Waals surface area contributed by atoms with Crippen LogP contribution >= 0.6 is 0 Å². The number of nitriles is 1. The lowest BCUT2D eigenvalue weighted by atomic mass is 9.71. The van der Waals surface area contributed by atoms with E-state index in [1.165, 1.54) is 0 Å². The Morgan fingerprint density at radius 1 is 1.54 bits per heavy atom. The number of aliphatic hydroxyl groups excluding tert-OH is 1. The fraction of sp³-hybridized carbons (Fsp3) is 0.727. The van der Waals surface area contributed by atoms with E-state index in [2.05, 4.69) is 26.8 Å². The van der Waals surface area contributed by atoms with Crippen LogP contribution in [-0.2, 0) is 0 Å². The first-order valence-electron chi connectivity index (χ1n) is 4.74. The molecule has 0 fully saturated rings. The minimum Gasteiger partial charge on any atom is -0.389 e. The molecule has 1 aliphatic carbocycles. The highest BCUT2D eigenvalue weighted by atomic mass is 16.3. The van der Waals surface area contributed by atoms with Crippen molar-refractivity contribution in [2.75, 3.05) is 0 Å². The van der Waals surface area contributed by atoms with E-state index in [1.807, 2.05) is 0 Å². The molecule has 0 saturated carbocycles. The second-order valence-electron chi connectivity index (χ2n) is 4.81. The lowest BCUT2D eigenvalue weighted by molar-refractivity contribution is 0.0640. The van der Waals surface area contributed by atoms with Gasteiger partial charge in [-0.3, -0.25) is 0 Å². The molecular weight excluding hydrogens is 162 g/mol. The van der Waals surface area contributed by atoms with Crippen LogP contribution in [0.4, 0.5) is 0 Å². The predicted octanol–water partition coefficient (Wildman–Crippen LogP) is 2.25. The molecule has 0 heterocycles. The van der Waals surface area contributed by atoms with Crippen LogP contribution in [0.15, 0.2) is 11.6 Å². The largest absolute Gasteiger partial charge is 0.389 e. The highest BCUT2D eigenvalue weighted by molar-refractivity contribution is 5.25. The Morgan fingerprint density at radius 2 is 2.15 bits per heavy atom. The number of hydrogen-bond acceptors (Lipinski definition) is 2. The van der Waals surface area contributed by atoms with Gasteiger partial charge in [0.2, 0.25) is 0 Å². The Labute approximate surface area is 79.9 Å². The second kappa shape index (κ2) is 3.51. The van der Waals surface area contributed by atoms with Crippen molar-refractivity contribution in [3.05, 3.63) is 11.6 Å². The third kappa shape index (κ3) is 2.32. The predicted molar refractivity (Wildman–Crippen MR) is 51.9 cm³/mol. The van der Waals surface area contributed by atoms with Gasteiger partial charge in [-0.25, -0.2) is 0 Å². The summed E-state index contributed by atoms with van der Waals surface area (Å²) in [5.74, 6) is 0.282. The van der Waals surface area contributed by atoms with E-state index < -0.39 is 6.10 Å². The average molecular weight is 179 g/mol. The van der Waals surface area contributed by atoms with Gasteiger partial charge in [-0.15, -0.1) is 0 Å². The first-order valence-corrected chi connectivity index (χ1v) is 4.74. The van der Waals surface area contributed by atoms with Crippen LogP contribution in [0, 0.1) is 22.7 Å². The molecule has 0 saturated heterocycles. The SMILES string of the molecule is CC(C)(C)C1CCC(C#N)=CC1O. The molecule has 0 radical (unpaired) electrons. The van der Waals surface area contributed by atoms with Crippen LogP contribution in [0.1, 0.15) is 33.6 Å². The zero-order valence-electron chi connectivity index (χ0n) is 8.54. The molecule has 2 atom stereocenters. The van der Waals surface area contributed by atoms with Crippen molar-refractivity contribution in [1.82, 2.24) is 0 Å². The molecule has 0 aromatic carbocycles. The van der Waals surface area contributed by atoms with Crippen LogP contribution in [0.25, 0.3) is 0 Å². The lowest BCUT2D eigenvalue weighted by Crippen LogP contribution is -2.33. The number of nitrogens with zero attached hydrogens (tertiary/aromatic N) is 1. The molecule has 1 N–H and O–H groups in total. The van der Waals surface area contributed by atoms with Gasteiger partial charge in [0.05, 0.1) is 12.2 Å². The summed E-state index contributed by atoms with van der Waals surface area (Å²) in [6.07, 6.45) is 3.00. The van der Waals surface area contributed by atoms with Crippen molar-refractivity contribution >= 4 is 0 Å². The summed E-state index contributed by atoms with van der Waals surface area (Å²) in [4.78, 5) is 0. The van der Waals surface area contributed by atoms with E-state index in [0.717, 1.165) is 18.4 Å². The smallest absolute Gasteiger partial charge is 0.0944 e. The van der Waals surface area contributed by atoms with Crippen LogP contribution in [0.3, 0.4) is 0 Å². The molecule has 0 bridgehead atoms. The molecule has 0 aliphatic heterocycles. The molecule has 72 valence electrons. The summed E-state index contributed by atoms with van der Waals surface area (Å²) in [5, 5.41) is 18.4. The molecule has 1 aliphatic rings. The fourth-order valence-corrected chi connectivity index (χ4v) is 1.93.